The molecule has 0 spiro atoms. The van der Waals surface area contributed by atoms with Gasteiger partial charge in [-0.1, -0.05) is 48.5 Å². The first kappa shape index (κ1) is 19.8. The second-order valence-electron chi connectivity index (χ2n) is 6.87. The molecule has 7 heteroatoms. The molecule has 0 saturated carbocycles. The van der Waals surface area contributed by atoms with Crippen LogP contribution in [0.25, 0.3) is 0 Å². The second kappa shape index (κ2) is 8.81. The van der Waals surface area contributed by atoms with Crippen LogP contribution in [0.15, 0.2) is 54.6 Å². The zero-order valence-electron chi connectivity index (χ0n) is 14.9. The van der Waals surface area contributed by atoms with E-state index in [0.29, 0.717) is 19.6 Å². The minimum Gasteiger partial charge on any atom is -0.478 e. The fraction of sp³-hybridized carbons (Fsp3) is 0.350. The third-order valence-electron chi connectivity index (χ3n) is 4.90. The summed E-state index contributed by atoms with van der Waals surface area (Å²) < 4.78 is 17.7. The molecule has 0 bridgehead atoms. The molecule has 0 radical (unpaired) electrons. The molecule has 3 N–H and O–H groups in total. The van der Waals surface area contributed by atoms with Crippen molar-refractivity contribution in [1.29, 1.82) is 0 Å². The molecule has 1 fully saturated rings. The second-order valence-corrected chi connectivity index (χ2v) is 8.10. The van der Waals surface area contributed by atoms with Gasteiger partial charge in [0, 0.05) is 19.0 Å². The molecule has 0 aromatic heterocycles. The topological polar surface area (TPSA) is 95.9 Å². The van der Waals surface area contributed by atoms with E-state index in [2.05, 4.69) is 5.32 Å². The van der Waals surface area contributed by atoms with Gasteiger partial charge in [-0.2, -0.15) is 0 Å². The number of aromatic carboxylic acids is 1. The Bertz CT molecular complexity index is 792. The zero-order chi connectivity index (χ0) is 19.3. The number of benzene rings is 2. The number of carbonyl (C=O) groups is 1. The Balaban J connectivity index is 1.62. The van der Waals surface area contributed by atoms with Crippen LogP contribution in [0.3, 0.4) is 0 Å². The Labute approximate surface area is 159 Å². The summed E-state index contributed by atoms with van der Waals surface area (Å²) >= 11 is 0. The molecule has 1 heterocycles. The molecule has 27 heavy (non-hydrogen) atoms. The molecule has 2 aromatic rings. The van der Waals surface area contributed by atoms with Crippen LogP contribution in [0.5, 0.6) is 0 Å². The van der Waals surface area contributed by atoms with Crippen molar-refractivity contribution < 1.29 is 24.3 Å². The average Bonchev–Trinajstić information content (AvgIpc) is 2.69. The van der Waals surface area contributed by atoms with Crippen LogP contribution in [0.4, 0.5) is 0 Å². The SMILES string of the molecule is O=[PH2]C(O)(Cc1ccccc1)[C@@H]1CN[C@H](Cc2ccccc2C(=O)O)CO1. The lowest BCUT2D eigenvalue weighted by Crippen LogP contribution is -2.55. The minimum absolute atomic E-state index is 0.0654. The number of rotatable bonds is 7. The standard InChI is InChI=1S/C20H24NO5P/c22-19(23)17-9-5-4-8-15(17)10-16-13-26-18(12-21-16)20(24,27-25)11-14-6-2-1-3-7-14/h1-9,16,18,21,24H,10-13,27H2,(H,22,23)/t16-,18+,20?/m1/s1. The number of nitrogens with one attached hydrogen (secondary N) is 1. The lowest BCUT2D eigenvalue weighted by Gasteiger charge is -2.38. The third kappa shape index (κ3) is 4.85. The van der Waals surface area contributed by atoms with E-state index >= 15 is 0 Å². The minimum atomic E-state index is -1.45. The van der Waals surface area contributed by atoms with Gasteiger partial charge in [0.15, 0.2) is 0 Å². The van der Waals surface area contributed by atoms with Gasteiger partial charge >= 0.3 is 5.97 Å². The largest absolute Gasteiger partial charge is 0.478 e. The van der Waals surface area contributed by atoms with Gasteiger partial charge in [-0.05, 0) is 23.6 Å². The van der Waals surface area contributed by atoms with Gasteiger partial charge in [0.1, 0.15) is 11.4 Å². The summed E-state index contributed by atoms with van der Waals surface area (Å²) in [5.74, 6) is -0.951. The predicted octanol–water partition coefficient (Wildman–Crippen LogP) is 1.97. The molecule has 4 atom stereocenters. The molecule has 6 nitrogen and oxygen atoms in total. The van der Waals surface area contributed by atoms with Crippen LogP contribution in [-0.2, 0) is 22.1 Å². The number of carboxylic acid groups (broad SMARTS) is 1. The van der Waals surface area contributed by atoms with Crippen molar-refractivity contribution in [2.24, 2.45) is 0 Å². The van der Waals surface area contributed by atoms with Crippen molar-refractivity contribution in [3.63, 3.8) is 0 Å². The fourth-order valence-electron chi connectivity index (χ4n) is 3.40. The molecule has 1 aliphatic rings. The summed E-state index contributed by atoms with van der Waals surface area (Å²) in [4.78, 5) is 11.3. The first-order valence-corrected chi connectivity index (χ1v) is 9.95. The number of hydrogen-bond acceptors (Lipinski definition) is 5. The molecular formula is C20H24NO5P. The van der Waals surface area contributed by atoms with E-state index < -0.39 is 25.9 Å². The van der Waals surface area contributed by atoms with Gasteiger partial charge in [0.05, 0.1) is 20.6 Å². The van der Waals surface area contributed by atoms with E-state index in [1.54, 1.807) is 18.2 Å². The Kier molecular flexibility index (Phi) is 6.45. The molecule has 2 unspecified atom stereocenters. The number of ether oxygens (including phenoxy) is 1. The smallest absolute Gasteiger partial charge is 0.335 e. The highest BCUT2D eigenvalue weighted by Gasteiger charge is 2.39. The van der Waals surface area contributed by atoms with E-state index in [-0.39, 0.29) is 18.0 Å². The number of hydrogen-bond donors (Lipinski definition) is 3. The third-order valence-corrected chi connectivity index (χ3v) is 5.88. The van der Waals surface area contributed by atoms with Gasteiger partial charge in [-0.25, -0.2) is 4.79 Å². The van der Waals surface area contributed by atoms with Crippen molar-refractivity contribution in [1.82, 2.24) is 5.32 Å². The summed E-state index contributed by atoms with van der Waals surface area (Å²) in [7, 11) is -1.45. The van der Waals surface area contributed by atoms with Crippen molar-refractivity contribution in [2.45, 2.75) is 30.3 Å². The average molecular weight is 389 g/mol. The molecular weight excluding hydrogens is 365 g/mol. The first-order chi connectivity index (χ1) is 13.0. The molecule has 2 aromatic carbocycles. The van der Waals surface area contributed by atoms with Crippen molar-refractivity contribution in [3.8, 4) is 0 Å². The monoisotopic (exact) mass is 389 g/mol. The van der Waals surface area contributed by atoms with Gasteiger partial charge in [-0.15, -0.1) is 0 Å². The van der Waals surface area contributed by atoms with Crippen LogP contribution < -0.4 is 5.32 Å². The number of carboxylic acids is 1. The van der Waals surface area contributed by atoms with Crippen LogP contribution in [0, 0.1) is 0 Å². The first-order valence-electron chi connectivity index (χ1n) is 8.90. The molecule has 144 valence electrons. The summed E-state index contributed by atoms with van der Waals surface area (Å²) in [6.45, 7) is 0.674. The van der Waals surface area contributed by atoms with Crippen molar-refractivity contribution in [2.75, 3.05) is 13.2 Å². The van der Waals surface area contributed by atoms with Crippen LogP contribution in [0.1, 0.15) is 21.5 Å². The van der Waals surface area contributed by atoms with Crippen molar-refractivity contribution in [3.05, 3.63) is 71.3 Å². The maximum Gasteiger partial charge on any atom is 0.335 e. The number of aliphatic hydroxyl groups is 1. The molecule has 0 amide bonds. The maximum absolute atomic E-state index is 11.8. The van der Waals surface area contributed by atoms with Crippen LogP contribution >= 0.6 is 8.46 Å². The zero-order valence-corrected chi connectivity index (χ0v) is 16.0. The molecule has 1 saturated heterocycles. The summed E-state index contributed by atoms with van der Waals surface area (Å²) in [6.07, 6.45) is 0.207. The Hall–Kier alpha value is -1.98. The lowest BCUT2D eigenvalue weighted by atomic mass is 9.98. The van der Waals surface area contributed by atoms with Gasteiger partial charge in [0.2, 0.25) is 0 Å². The highest BCUT2D eigenvalue weighted by atomic mass is 31.1. The fourth-order valence-corrected chi connectivity index (χ4v) is 4.09. The Morgan fingerprint density at radius 3 is 2.52 bits per heavy atom. The predicted molar refractivity (Wildman–Crippen MR) is 104 cm³/mol. The lowest BCUT2D eigenvalue weighted by molar-refractivity contribution is -0.0845. The van der Waals surface area contributed by atoms with E-state index in [4.69, 9.17) is 4.74 Å². The number of morpholine rings is 1. The van der Waals surface area contributed by atoms with Gasteiger partial charge in [-0.3, -0.25) is 0 Å². The van der Waals surface area contributed by atoms with Crippen LogP contribution in [0.2, 0.25) is 0 Å². The Morgan fingerprint density at radius 1 is 1.19 bits per heavy atom. The normalized spacial score (nSPS) is 22.6. The summed E-state index contributed by atoms with van der Waals surface area (Å²) in [6, 6.07) is 16.3. The summed E-state index contributed by atoms with van der Waals surface area (Å²) in [5.41, 5.74) is 1.93. The highest BCUT2D eigenvalue weighted by Crippen LogP contribution is 2.32. The van der Waals surface area contributed by atoms with Crippen LogP contribution in [-0.4, -0.2) is 46.8 Å². The maximum atomic E-state index is 11.8. The van der Waals surface area contributed by atoms with E-state index in [1.165, 1.54) is 0 Å². The molecule has 3 rings (SSSR count). The van der Waals surface area contributed by atoms with E-state index in [0.717, 1.165) is 11.1 Å². The summed E-state index contributed by atoms with van der Waals surface area (Å²) in [5, 5.41) is 22.1. The van der Waals surface area contributed by atoms with Crippen molar-refractivity contribution >= 4 is 14.4 Å². The molecule has 0 aliphatic carbocycles. The van der Waals surface area contributed by atoms with Gasteiger partial charge in [0.25, 0.3) is 0 Å². The Morgan fingerprint density at radius 2 is 1.89 bits per heavy atom. The quantitative estimate of drug-likeness (QED) is 0.627. The molecule has 1 aliphatic heterocycles. The highest BCUT2D eigenvalue weighted by molar-refractivity contribution is 7.25. The van der Waals surface area contributed by atoms with E-state index in [1.807, 2.05) is 36.4 Å². The van der Waals surface area contributed by atoms with Gasteiger partial charge < -0.3 is 24.8 Å². The van der Waals surface area contributed by atoms with E-state index in [9.17, 15) is 19.6 Å².